The van der Waals surface area contributed by atoms with Crippen LogP contribution in [-0.2, 0) is 0 Å². The fraction of sp³-hybridized carbons (Fsp3) is 0. The molecule has 0 spiro atoms. The largest absolute Gasteiger partial charge is 1.00 e. The molecule has 0 aromatic heterocycles. The van der Waals surface area contributed by atoms with Gasteiger partial charge in [-0.15, -0.1) is 5.10 Å². The molecule has 0 fully saturated rings. The maximum atomic E-state index is 8.44. The van der Waals surface area contributed by atoms with Gasteiger partial charge in [-0.1, -0.05) is 0 Å². The number of nitrogens with zero attached hydrogens (tertiary/aromatic N) is 1. The molecule has 0 rings (SSSR count). The molecule has 0 aliphatic carbocycles. The van der Waals surface area contributed by atoms with Gasteiger partial charge in [0, 0.05) is 0 Å². The molecule has 0 amide bonds. The molecule has 8 heteroatoms. The van der Waals surface area contributed by atoms with Crippen molar-refractivity contribution < 1.29 is 44.6 Å². The number of carboxylic acid groups (broad SMARTS) is 2. The van der Waals surface area contributed by atoms with Crippen molar-refractivity contribution in [3.05, 3.63) is 0 Å². The molecular weight excluding hydrogens is 151 g/mol. The van der Waals surface area contributed by atoms with Crippen LogP contribution in [0.4, 0.5) is 4.79 Å². The summed E-state index contributed by atoms with van der Waals surface area (Å²) in [7, 11) is 0. The van der Waals surface area contributed by atoms with Crippen molar-refractivity contribution in [3.8, 4) is 0 Å². The van der Waals surface area contributed by atoms with Gasteiger partial charge in [-0.2, -0.15) is 0 Å². The molecule has 0 aromatic rings. The molecule has 0 atom stereocenters. The van der Waals surface area contributed by atoms with Crippen molar-refractivity contribution in [2.45, 2.75) is 0 Å². The number of rotatable bonds is 0. The summed E-state index contributed by atoms with van der Waals surface area (Å²) in [5.41, 5.74) is 9.39. The van der Waals surface area contributed by atoms with E-state index in [4.69, 9.17) is 26.5 Å². The smallest absolute Gasteiger partial charge is 0.565 e. The normalized spacial score (nSPS) is 5.60. The maximum Gasteiger partial charge on any atom is 1.00 e. The minimum Gasteiger partial charge on any atom is -0.565 e. The number of guanidine groups is 1. The Morgan fingerprint density at radius 2 is 1.60 bits per heavy atom. The van der Waals surface area contributed by atoms with E-state index in [0.717, 1.165) is 0 Å². The third-order valence-corrected chi connectivity index (χ3v) is 0.149. The number of nitrogens with two attached hydrogens (primary N) is 3. The van der Waals surface area contributed by atoms with Gasteiger partial charge in [0.25, 0.3) is 0 Å². The molecule has 0 unspecified atom stereocenters. The Bertz CT molecular complexity index is 107. The summed E-state index contributed by atoms with van der Waals surface area (Å²) in [4.78, 5) is 8.44. The van der Waals surface area contributed by atoms with Gasteiger partial charge >= 0.3 is 29.6 Å². The average molecular weight is 158 g/mol. The van der Waals surface area contributed by atoms with E-state index in [1.165, 1.54) is 0 Å². The van der Waals surface area contributed by atoms with Crippen molar-refractivity contribution in [1.82, 2.24) is 0 Å². The molecule has 7 N–H and O–H groups in total. The first kappa shape index (κ1) is 16.2. The topological polar surface area (TPSA) is 151 Å². The zero-order valence-electron chi connectivity index (χ0n) is 5.44. The van der Waals surface area contributed by atoms with Gasteiger partial charge in [-0.05, 0) is 0 Å². The van der Waals surface area contributed by atoms with Crippen LogP contribution < -0.4 is 52.0 Å². The maximum absolute atomic E-state index is 8.44. The minimum atomic E-state index is -2.08. The van der Waals surface area contributed by atoms with Crippen LogP contribution in [0.25, 0.3) is 0 Å². The summed E-state index contributed by atoms with van der Waals surface area (Å²) in [6.07, 6.45) is -2.08. The monoisotopic (exact) mass is 158 g/mol. The van der Waals surface area contributed by atoms with Crippen molar-refractivity contribution in [2.75, 3.05) is 0 Å². The summed E-state index contributed by atoms with van der Waals surface area (Å²) in [6.45, 7) is 0. The molecule has 0 aliphatic heterocycles. The molecule has 0 aliphatic rings. The second-order valence-corrected chi connectivity index (χ2v) is 0.820. The Morgan fingerprint density at radius 1 is 1.50 bits per heavy atom. The SMILES string of the molecule is NN=C(N)N.O=C([O-])O.[Na+]. The number of hydrazone groups is 1. The third kappa shape index (κ3) is 164. The van der Waals surface area contributed by atoms with E-state index < -0.39 is 6.16 Å². The number of carbonyl (C=O) groups is 1. The first-order valence-electron chi connectivity index (χ1n) is 1.69. The Labute approximate surface area is 79.2 Å². The van der Waals surface area contributed by atoms with Gasteiger partial charge in [0.2, 0.25) is 12.1 Å². The predicted molar refractivity (Wildman–Crippen MR) is 28.0 cm³/mol. The van der Waals surface area contributed by atoms with Crippen LogP contribution in [0.15, 0.2) is 5.10 Å². The minimum absolute atomic E-state index is 0. The molecule has 0 heterocycles. The second-order valence-electron chi connectivity index (χ2n) is 0.820. The van der Waals surface area contributed by atoms with Crippen LogP contribution in [0, 0.1) is 0 Å². The van der Waals surface area contributed by atoms with Gasteiger partial charge in [0.1, 0.15) is 0 Å². The second kappa shape index (κ2) is 11.2. The Morgan fingerprint density at radius 3 is 1.60 bits per heavy atom. The Kier molecular flexibility index (Phi) is 18.1. The summed E-state index contributed by atoms with van der Waals surface area (Å²) >= 11 is 0. The third-order valence-electron chi connectivity index (χ3n) is 0.149. The fourth-order valence-corrected chi connectivity index (χ4v) is 0. The summed E-state index contributed by atoms with van der Waals surface area (Å²) in [5, 5.41) is 18.2. The van der Waals surface area contributed by atoms with Crippen molar-refractivity contribution in [2.24, 2.45) is 22.4 Å². The van der Waals surface area contributed by atoms with E-state index in [2.05, 4.69) is 10.9 Å². The van der Waals surface area contributed by atoms with Crippen LogP contribution in [0.5, 0.6) is 0 Å². The van der Waals surface area contributed by atoms with Crippen molar-refractivity contribution in [3.63, 3.8) is 0 Å². The molecule has 0 saturated carbocycles. The summed E-state index contributed by atoms with van der Waals surface area (Å²) < 4.78 is 0. The van der Waals surface area contributed by atoms with Gasteiger partial charge < -0.3 is 32.3 Å². The van der Waals surface area contributed by atoms with Gasteiger partial charge in [-0.3, -0.25) is 0 Å². The molecule has 0 radical (unpaired) electrons. The van der Waals surface area contributed by atoms with E-state index in [0.29, 0.717) is 0 Å². The van der Waals surface area contributed by atoms with Crippen LogP contribution >= 0.6 is 0 Å². The molecule has 10 heavy (non-hydrogen) atoms. The van der Waals surface area contributed by atoms with E-state index >= 15 is 0 Å². The summed E-state index contributed by atoms with van der Waals surface area (Å²) in [6, 6.07) is 0. The summed E-state index contributed by atoms with van der Waals surface area (Å²) in [5.74, 6) is 4.42. The molecular formula is C2H7N4NaO3. The van der Waals surface area contributed by atoms with Crippen LogP contribution in [0.3, 0.4) is 0 Å². The van der Waals surface area contributed by atoms with Gasteiger partial charge in [0.05, 0.1) is 0 Å². The predicted octanol–water partition coefficient (Wildman–Crippen LogP) is -5.97. The van der Waals surface area contributed by atoms with E-state index in [1.54, 1.807) is 0 Å². The molecule has 0 aromatic carbocycles. The Hall–Kier alpha value is -0.660. The standard InChI is InChI=1S/CH6N4.CH2O3.Na/c2-1(3)5-4;2-1(3)4;/h4H2,(H4,2,3,5);(H2,2,3,4);/q;;+1/p-1. The van der Waals surface area contributed by atoms with Gasteiger partial charge in [0.15, 0.2) is 0 Å². The average Bonchev–Trinajstić information content (AvgIpc) is 1.65. The molecule has 0 saturated heterocycles. The van der Waals surface area contributed by atoms with Gasteiger partial charge in [-0.25, -0.2) is 0 Å². The number of hydrogen-bond acceptors (Lipinski definition) is 4. The zero-order chi connectivity index (χ0) is 7.86. The van der Waals surface area contributed by atoms with E-state index in [-0.39, 0.29) is 35.5 Å². The molecule has 54 valence electrons. The van der Waals surface area contributed by atoms with Crippen molar-refractivity contribution >= 4 is 12.1 Å². The zero-order valence-corrected chi connectivity index (χ0v) is 7.44. The Balaban J connectivity index is -0.0000000910. The first-order chi connectivity index (χ1) is 4.00. The van der Waals surface area contributed by atoms with Crippen LogP contribution in [-0.4, -0.2) is 17.2 Å². The molecule has 7 nitrogen and oxygen atoms in total. The quantitative estimate of drug-likeness (QED) is 0.0905. The van der Waals surface area contributed by atoms with Crippen LogP contribution in [0.2, 0.25) is 0 Å². The van der Waals surface area contributed by atoms with Crippen LogP contribution in [0.1, 0.15) is 0 Å². The number of hydrogen-bond donors (Lipinski definition) is 4. The van der Waals surface area contributed by atoms with E-state index in [1.807, 2.05) is 0 Å². The molecule has 0 bridgehead atoms. The van der Waals surface area contributed by atoms with E-state index in [9.17, 15) is 0 Å². The fourth-order valence-electron chi connectivity index (χ4n) is 0. The first-order valence-corrected chi connectivity index (χ1v) is 1.69. The van der Waals surface area contributed by atoms with Crippen molar-refractivity contribution in [1.29, 1.82) is 0 Å².